The van der Waals surface area contributed by atoms with E-state index >= 15 is 0 Å². The third kappa shape index (κ3) is 4.46. The Kier molecular flexibility index (Phi) is 6.68. The maximum Gasteiger partial charge on any atom is 0.295 e. The zero-order chi connectivity index (χ0) is 28.0. The van der Waals surface area contributed by atoms with Gasteiger partial charge in [-0.3, -0.25) is 14.5 Å². The van der Waals surface area contributed by atoms with Crippen LogP contribution >= 0.6 is 15.9 Å². The first-order valence-electron chi connectivity index (χ1n) is 12.9. The van der Waals surface area contributed by atoms with Crippen LogP contribution in [0.2, 0.25) is 0 Å². The third-order valence-electron chi connectivity index (χ3n) is 7.33. The molecule has 0 aliphatic carbocycles. The number of rotatable bonds is 6. The van der Waals surface area contributed by atoms with Gasteiger partial charge in [-0.05, 0) is 84.6 Å². The van der Waals surface area contributed by atoms with E-state index in [4.69, 9.17) is 13.9 Å². The molecule has 1 aliphatic rings. The molecular weight excluding hydrogens is 570 g/mol. The molecule has 0 saturated carbocycles. The first kappa shape index (κ1) is 25.9. The molecule has 1 atom stereocenters. The average molecular weight is 596 g/mol. The summed E-state index contributed by atoms with van der Waals surface area (Å²) in [4.78, 5) is 29.6. The Morgan fingerprint density at radius 3 is 2.33 bits per heavy atom. The third-order valence-corrected chi connectivity index (χ3v) is 7.86. The molecule has 1 aromatic heterocycles. The summed E-state index contributed by atoms with van der Waals surface area (Å²) in [5.74, 6) is 0.744. The quantitative estimate of drug-likeness (QED) is 0.203. The Morgan fingerprint density at radius 2 is 1.60 bits per heavy atom. The molecular formula is C33H26BrNO5. The minimum Gasteiger partial charge on any atom is -0.493 e. The highest BCUT2D eigenvalue weighted by molar-refractivity contribution is 9.10. The molecule has 1 aliphatic heterocycles. The molecule has 2 heterocycles. The summed E-state index contributed by atoms with van der Waals surface area (Å²) in [5, 5.41) is 0.451. The van der Waals surface area contributed by atoms with E-state index in [2.05, 4.69) is 15.9 Å². The second-order valence-electron chi connectivity index (χ2n) is 9.85. The minimum absolute atomic E-state index is 0.0528. The zero-order valence-electron chi connectivity index (χ0n) is 22.2. The van der Waals surface area contributed by atoms with E-state index in [1.165, 1.54) is 0 Å². The van der Waals surface area contributed by atoms with Crippen LogP contribution in [0.25, 0.3) is 11.0 Å². The van der Waals surface area contributed by atoms with Crippen LogP contribution in [0.3, 0.4) is 0 Å². The van der Waals surface area contributed by atoms with Gasteiger partial charge in [0, 0.05) is 10.2 Å². The summed E-state index contributed by atoms with van der Waals surface area (Å²) in [6, 6.07) is 25.7. The number of fused-ring (bicyclic) bond motifs is 2. The van der Waals surface area contributed by atoms with Crippen molar-refractivity contribution in [2.45, 2.75) is 26.5 Å². The van der Waals surface area contributed by atoms with E-state index in [0.29, 0.717) is 45.9 Å². The maximum absolute atomic E-state index is 14.0. The number of carbonyl (C=O) groups is 1. The van der Waals surface area contributed by atoms with Crippen molar-refractivity contribution in [1.29, 1.82) is 0 Å². The molecule has 7 heteroatoms. The largest absolute Gasteiger partial charge is 0.493 e. The fourth-order valence-corrected chi connectivity index (χ4v) is 5.38. The molecule has 6 nitrogen and oxygen atoms in total. The summed E-state index contributed by atoms with van der Waals surface area (Å²) < 4.78 is 18.8. The monoisotopic (exact) mass is 595 g/mol. The maximum atomic E-state index is 14.0. The van der Waals surface area contributed by atoms with Crippen LogP contribution in [0.5, 0.6) is 11.5 Å². The van der Waals surface area contributed by atoms with Gasteiger partial charge in [0.2, 0.25) is 5.76 Å². The molecule has 1 amide bonds. The summed E-state index contributed by atoms with van der Waals surface area (Å²) in [5.41, 5.74) is 4.83. The van der Waals surface area contributed by atoms with E-state index in [1.807, 2.05) is 98.8 Å². The van der Waals surface area contributed by atoms with Crippen molar-refractivity contribution in [2.24, 2.45) is 0 Å². The van der Waals surface area contributed by atoms with Crippen molar-refractivity contribution in [3.05, 3.63) is 133 Å². The van der Waals surface area contributed by atoms with Gasteiger partial charge in [0.1, 0.15) is 12.2 Å². The Morgan fingerprint density at radius 1 is 0.875 bits per heavy atom. The van der Waals surface area contributed by atoms with Crippen molar-refractivity contribution in [3.8, 4) is 11.5 Å². The fourth-order valence-electron chi connectivity index (χ4n) is 5.12. The van der Waals surface area contributed by atoms with Gasteiger partial charge in [-0.2, -0.15) is 0 Å². The summed E-state index contributed by atoms with van der Waals surface area (Å²) in [7, 11) is 1.57. The Bertz CT molecular complexity index is 1810. The van der Waals surface area contributed by atoms with E-state index in [9.17, 15) is 9.59 Å². The van der Waals surface area contributed by atoms with Gasteiger partial charge < -0.3 is 13.9 Å². The number of methoxy groups -OCH3 is 1. The number of halogens is 1. The number of hydrogen-bond donors (Lipinski definition) is 0. The normalized spacial score (nSPS) is 14.4. The van der Waals surface area contributed by atoms with E-state index in [1.54, 1.807) is 12.0 Å². The number of aryl methyl sites for hydroxylation is 2. The molecule has 0 bridgehead atoms. The predicted molar refractivity (Wildman–Crippen MR) is 159 cm³/mol. The second-order valence-corrected chi connectivity index (χ2v) is 10.8. The summed E-state index contributed by atoms with van der Waals surface area (Å²) in [6.45, 7) is 4.28. The van der Waals surface area contributed by atoms with Gasteiger partial charge in [-0.1, -0.05) is 52.3 Å². The van der Waals surface area contributed by atoms with Crippen LogP contribution in [0.15, 0.2) is 98.6 Å². The highest BCUT2D eigenvalue weighted by Crippen LogP contribution is 2.43. The molecule has 0 radical (unpaired) electrons. The van der Waals surface area contributed by atoms with Crippen LogP contribution in [-0.4, -0.2) is 13.0 Å². The molecule has 200 valence electrons. The van der Waals surface area contributed by atoms with Gasteiger partial charge in [-0.25, -0.2) is 0 Å². The van der Waals surface area contributed by atoms with Crippen LogP contribution in [0.1, 0.15) is 44.4 Å². The van der Waals surface area contributed by atoms with Crippen molar-refractivity contribution >= 4 is 38.5 Å². The molecule has 0 N–H and O–H groups in total. The molecule has 5 aromatic rings. The number of ether oxygens (including phenoxy) is 2. The Hall–Kier alpha value is -4.36. The number of anilines is 1. The lowest BCUT2D eigenvalue weighted by atomic mass is 9.97. The standard InChI is InChI=1S/C33H26BrNO5/c1-19-15-25-27(16-20(19)2)40-32-29(31(25)36)30(35(33(32)37)24-12-10-23(34)11-13-24)22-9-14-26(28(17-22)38-3)39-18-21-7-5-4-6-8-21/h4-17,30H,18H2,1-3H3. The van der Waals surface area contributed by atoms with Gasteiger partial charge in [-0.15, -0.1) is 0 Å². The lowest BCUT2D eigenvalue weighted by molar-refractivity contribution is 0.0971. The van der Waals surface area contributed by atoms with Crippen molar-refractivity contribution in [3.63, 3.8) is 0 Å². The van der Waals surface area contributed by atoms with Gasteiger partial charge >= 0.3 is 0 Å². The van der Waals surface area contributed by atoms with E-state index < -0.39 is 6.04 Å². The molecule has 6 rings (SSSR count). The van der Waals surface area contributed by atoms with Crippen molar-refractivity contribution in [1.82, 2.24) is 0 Å². The zero-order valence-corrected chi connectivity index (χ0v) is 23.8. The second kappa shape index (κ2) is 10.3. The topological polar surface area (TPSA) is 69.0 Å². The number of benzene rings is 4. The smallest absolute Gasteiger partial charge is 0.295 e. The van der Waals surface area contributed by atoms with Crippen LogP contribution < -0.4 is 19.8 Å². The Labute approximate surface area is 239 Å². The molecule has 0 fully saturated rings. The first-order valence-corrected chi connectivity index (χ1v) is 13.7. The molecule has 0 spiro atoms. The highest BCUT2D eigenvalue weighted by Gasteiger charge is 2.44. The van der Waals surface area contributed by atoms with Crippen LogP contribution in [0, 0.1) is 13.8 Å². The SMILES string of the molecule is COc1cc(C2c3c(oc4cc(C)c(C)cc4c3=O)C(=O)N2c2ccc(Br)cc2)ccc1OCc1ccccc1. The number of hydrogen-bond acceptors (Lipinski definition) is 5. The van der Waals surface area contributed by atoms with Crippen LogP contribution in [0.4, 0.5) is 5.69 Å². The number of nitrogens with zero attached hydrogens (tertiary/aromatic N) is 1. The van der Waals surface area contributed by atoms with Crippen molar-refractivity contribution in [2.75, 3.05) is 12.0 Å². The molecule has 0 saturated heterocycles. The van der Waals surface area contributed by atoms with E-state index in [-0.39, 0.29) is 17.1 Å². The average Bonchev–Trinajstić information content (AvgIpc) is 3.26. The van der Waals surface area contributed by atoms with Gasteiger partial charge in [0.15, 0.2) is 16.9 Å². The lowest BCUT2D eigenvalue weighted by Gasteiger charge is -2.26. The van der Waals surface area contributed by atoms with Gasteiger partial charge in [0.05, 0.1) is 24.1 Å². The molecule has 40 heavy (non-hydrogen) atoms. The fraction of sp³-hybridized carbons (Fsp3) is 0.152. The van der Waals surface area contributed by atoms with Crippen molar-refractivity contribution < 1.29 is 18.7 Å². The van der Waals surface area contributed by atoms with Gasteiger partial charge in [0.25, 0.3) is 5.91 Å². The first-order chi connectivity index (χ1) is 19.4. The minimum atomic E-state index is -0.719. The number of amides is 1. The summed E-state index contributed by atoms with van der Waals surface area (Å²) in [6.07, 6.45) is 0. The van der Waals surface area contributed by atoms with E-state index in [0.717, 1.165) is 21.2 Å². The molecule has 1 unspecified atom stereocenters. The lowest BCUT2D eigenvalue weighted by Crippen LogP contribution is -2.29. The predicted octanol–water partition coefficient (Wildman–Crippen LogP) is 7.51. The Balaban J connectivity index is 1.50. The molecule has 4 aromatic carbocycles. The highest BCUT2D eigenvalue weighted by atomic mass is 79.9. The van der Waals surface area contributed by atoms with Crippen LogP contribution in [-0.2, 0) is 6.61 Å². The summed E-state index contributed by atoms with van der Waals surface area (Å²) >= 11 is 3.47. The number of carbonyl (C=O) groups excluding carboxylic acids is 1.